The summed E-state index contributed by atoms with van der Waals surface area (Å²) in [7, 11) is 0. The number of halogens is 5. The smallest absolute Gasteiger partial charge is 0.260 e. The number of aliphatic imine (C=N–C) groups is 1. The Bertz CT molecular complexity index is 1060. The van der Waals surface area contributed by atoms with Gasteiger partial charge in [0, 0.05) is 18.7 Å². The van der Waals surface area contributed by atoms with Crippen LogP contribution in [0.4, 0.5) is 22.0 Å². The van der Waals surface area contributed by atoms with E-state index in [2.05, 4.69) is 4.99 Å². The summed E-state index contributed by atoms with van der Waals surface area (Å²) in [5.41, 5.74) is 1.39. The molecule has 4 rings (SSSR count). The van der Waals surface area contributed by atoms with Crippen molar-refractivity contribution in [2.45, 2.75) is 12.8 Å². The predicted octanol–water partition coefficient (Wildman–Crippen LogP) is 4.48. The summed E-state index contributed by atoms with van der Waals surface area (Å²) in [6, 6.07) is 7.58. The van der Waals surface area contributed by atoms with Crippen LogP contribution in [0.15, 0.2) is 34.8 Å². The fourth-order valence-electron chi connectivity index (χ4n) is 3.56. The molecule has 1 fully saturated rings. The maximum Gasteiger partial charge on any atom is 0.260 e. The lowest BCUT2D eigenvalue weighted by molar-refractivity contribution is 0.0730. The Kier molecular flexibility index (Phi) is 5.75. The number of carbonyl (C=O) groups is 1. The highest BCUT2D eigenvalue weighted by Gasteiger charge is 2.32. The lowest BCUT2D eigenvalue weighted by Gasteiger charge is -2.29. The van der Waals surface area contributed by atoms with Crippen molar-refractivity contribution in [1.29, 1.82) is 0 Å². The minimum Gasteiger partial charge on any atom is -0.476 e. The van der Waals surface area contributed by atoms with E-state index in [1.165, 1.54) is 0 Å². The van der Waals surface area contributed by atoms with Crippen LogP contribution in [0.1, 0.15) is 34.3 Å². The van der Waals surface area contributed by atoms with E-state index in [1.807, 2.05) is 30.3 Å². The first kappa shape index (κ1) is 21.0. The molecule has 0 unspecified atom stereocenters. The van der Waals surface area contributed by atoms with Crippen molar-refractivity contribution in [2.75, 3.05) is 26.2 Å². The van der Waals surface area contributed by atoms with Crippen molar-refractivity contribution in [3.05, 3.63) is 75.6 Å². The van der Waals surface area contributed by atoms with Gasteiger partial charge in [-0.05, 0) is 30.5 Å². The summed E-state index contributed by atoms with van der Waals surface area (Å²) in [4.78, 5) is 17.8. The second kappa shape index (κ2) is 8.49. The molecular weight excluding hydrogens is 419 g/mol. The van der Waals surface area contributed by atoms with Crippen LogP contribution in [0.2, 0.25) is 0 Å². The zero-order valence-electron chi connectivity index (χ0n) is 16.2. The highest BCUT2D eigenvalue weighted by molar-refractivity contribution is 5.95. The van der Waals surface area contributed by atoms with E-state index in [-0.39, 0.29) is 13.1 Å². The molecule has 31 heavy (non-hydrogen) atoms. The van der Waals surface area contributed by atoms with Gasteiger partial charge in [-0.2, -0.15) is 0 Å². The van der Waals surface area contributed by atoms with Crippen molar-refractivity contribution < 1.29 is 31.5 Å². The van der Waals surface area contributed by atoms with Gasteiger partial charge in [-0.15, -0.1) is 0 Å². The molecule has 0 N–H and O–H groups in total. The average molecular weight is 436 g/mol. The molecule has 2 aliphatic rings. The molecule has 0 bridgehead atoms. The Morgan fingerprint density at radius 2 is 1.48 bits per heavy atom. The van der Waals surface area contributed by atoms with Gasteiger partial charge < -0.3 is 9.64 Å². The van der Waals surface area contributed by atoms with Gasteiger partial charge in [0.2, 0.25) is 11.7 Å². The Labute approximate surface area is 174 Å². The number of carbonyl (C=O) groups excluding carboxylic acids is 1. The number of hydrogen-bond acceptors (Lipinski definition) is 3. The van der Waals surface area contributed by atoms with Crippen LogP contribution in [0, 0.1) is 29.1 Å². The second-order valence-corrected chi connectivity index (χ2v) is 7.20. The van der Waals surface area contributed by atoms with Gasteiger partial charge in [-0.25, -0.2) is 26.9 Å². The van der Waals surface area contributed by atoms with Crippen molar-refractivity contribution in [1.82, 2.24) is 4.90 Å². The van der Waals surface area contributed by atoms with Crippen LogP contribution in [-0.2, 0) is 4.74 Å². The third-order valence-corrected chi connectivity index (χ3v) is 5.23. The lowest BCUT2D eigenvalue weighted by Crippen LogP contribution is -2.37. The summed E-state index contributed by atoms with van der Waals surface area (Å²) in [5.74, 6) is -11.4. The molecule has 0 spiro atoms. The van der Waals surface area contributed by atoms with Crippen LogP contribution in [-0.4, -0.2) is 42.9 Å². The quantitative estimate of drug-likeness (QED) is 0.405. The van der Waals surface area contributed by atoms with E-state index in [4.69, 9.17) is 4.74 Å². The number of nitrogens with zero attached hydrogens (tertiary/aromatic N) is 2. The zero-order valence-corrected chi connectivity index (χ0v) is 16.2. The highest BCUT2D eigenvalue weighted by atomic mass is 19.2. The lowest BCUT2D eigenvalue weighted by atomic mass is 9.99. The highest BCUT2D eigenvalue weighted by Crippen LogP contribution is 2.27. The van der Waals surface area contributed by atoms with Gasteiger partial charge in [0.05, 0.1) is 6.54 Å². The first-order valence-electron chi connectivity index (χ1n) is 9.64. The Hall–Kier alpha value is -3.23. The molecule has 2 heterocycles. The third kappa shape index (κ3) is 4.04. The van der Waals surface area contributed by atoms with E-state index in [0.717, 1.165) is 21.6 Å². The molecule has 4 nitrogen and oxygen atoms in total. The van der Waals surface area contributed by atoms with Crippen LogP contribution < -0.4 is 0 Å². The number of piperidine rings is 1. The molecule has 2 aliphatic heterocycles. The van der Waals surface area contributed by atoms with E-state index >= 15 is 0 Å². The summed E-state index contributed by atoms with van der Waals surface area (Å²) in [5, 5.41) is 0. The number of hydrogen-bond donors (Lipinski definition) is 0. The minimum absolute atomic E-state index is 0.104. The van der Waals surface area contributed by atoms with Gasteiger partial charge in [0.1, 0.15) is 12.2 Å². The molecule has 162 valence electrons. The monoisotopic (exact) mass is 436 g/mol. The van der Waals surface area contributed by atoms with Crippen LogP contribution >= 0.6 is 0 Å². The minimum atomic E-state index is -2.28. The number of likely N-dealkylation sites (tertiary alicyclic amines) is 1. The fraction of sp³-hybridized carbons (Fsp3) is 0.273. The van der Waals surface area contributed by atoms with Gasteiger partial charge in [0.25, 0.3) is 5.91 Å². The van der Waals surface area contributed by atoms with Crippen molar-refractivity contribution >= 4 is 17.9 Å². The maximum absolute atomic E-state index is 13.9. The number of rotatable bonds is 3. The van der Waals surface area contributed by atoms with E-state index in [1.54, 1.807) is 0 Å². The zero-order chi connectivity index (χ0) is 22.1. The predicted molar refractivity (Wildman–Crippen MR) is 103 cm³/mol. The molecule has 2 aromatic carbocycles. The number of benzene rings is 2. The van der Waals surface area contributed by atoms with Crippen LogP contribution in [0.3, 0.4) is 0 Å². The van der Waals surface area contributed by atoms with Crippen LogP contribution in [0.5, 0.6) is 0 Å². The maximum atomic E-state index is 13.9. The molecule has 1 saturated heterocycles. The van der Waals surface area contributed by atoms with Crippen molar-refractivity contribution in [2.24, 2.45) is 4.99 Å². The standard InChI is InChI=1S/C22H17F5N2O2/c23-16-15(17(24)19(26)20(27)18(16)25)22(30)29-8-5-13(6-9-29)11-12-1-3-14(4-2-12)21-28-7-10-31-21/h1-4,11H,5-10H2. The Morgan fingerprint density at radius 3 is 2.03 bits per heavy atom. The summed E-state index contributed by atoms with van der Waals surface area (Å²) in [6.07, 6.45) is 2.78. The summed E-state index contributed by atoms with van der Waals surface area (Å²) < 4.78 is 73.3. The molecule has 2 aromatic rings. The Balaban J connectivity index is 1.45. The van der Waals surface area contributed by atoms with Gasteiger partial charge in [-0.1, -0.05) is 23.8 Å². The van der Waals surface area contributed by atoms with E-state index < -0.39 is 40.6 Å². The summed E-state index contributed by atoms with van der Waals surface area (Å²) >= 11 is 0. The van der Waals surface area contributed by atoms with Crippen LogP contribution in [0.25, 0.3) is 6.08 Å². The third-order valence-electron chi connectivity index (χ3n) is 5.23. The molecule has 0 saturated carbocycles. The topological polar surface area (TPSA) is 41.9 Å². The molecule has 0 aliphatic carbocycles. The summed E-state index contributed by atoms with van der Waals surface area (Å²) in [6.45, 7) is 1.42. The van der Waals surface area contributed by atoms with Gasteiger partial charge in [-0.3, -0.25) is 4.79 Å². The van der Waals surface area contributed by atoms with Crippen molar-refractivity contribution in [3.63, 3.8) is 0 Å². The molecule has 0 aromatic heterocycles. The molecular formula is C22H17F5N2O2. The van der Waals surface area contributed by atoms with Gasteiger partial charge in [0.15, 0.2) is 23.3 Å². The molecule has 0 radical (unpaired) electrons. The number of ether oxygens (including phenoxy) is 1. The SMILES string of the molecule is O=C(c1c(F)c(F)c(F)c(F)c1F)N1CCC(=Cc2ccc(C3=NCCO3)cc2)CC1. The molecule has 0 atom stereocenters. The van der Waals surface area contributed by atoms with E-state index in [9.17, 15) is 26.7 Å². The van der Waals surface area contributed by atoms with Gasteiger partial charge >= 0.3 is 0 Å². The van der Waals surface area contributed by atoms with Crippen molar-refractivity contribution in [3.8, 4) is 0 Å². The van der Waals surface area contributed by atoms with E-state index in [0.29, 0.717) is 31.9 Å². The largest absolute Gasteiger partial charge is 0.476 e. The normalized spacial score (nSPS) is 16.2. The first-order chi connectivity index (χ1) is 14.9. The second-order valence-electron chi connectivity index (χ2n) is 7.20. The Morgan fingerprint density at radius 1 is 0.903 bits per heavy atom. The average Bonchev–Trinajstić information content (AvgIpc) is 3.32. The molecule has 1 amide bonds. The molecule has 9 heteroatoms. The first-order valence-corrected chi connectivity index (χ1v) is 9.64. The number of amides is 1. The fourth-order valence-corrected chi connectivity index (χ4v) is 3.56.